The summed E-state index contributed by atoms with van der Waals surface area (Å²) in [6.45, 7) is 4.30. The van der Waals surface area contributed by atoms with E-state index in [1.807, 2.05) is 30.3 Å². The first-order chi connectivity index (χ1) is 12.4. The molecule has 0 spiro atoms. The SMILES string of the molecule is CCOC(=O)C1CCCN(S(=O)(=O)NC(C)c2cc3ccccc3o2)C1. The molecule has 8 heteroatoms. The highest BCUT2D eigenvalue weighted by Gasteiger charge is 2.34. The third-order valence-electron chi connectivity index (χ3n) is 4.54. The van der Waals surface area contributed by atoms with E-state index in [4.69, 9.17) is 9.15 Å². The zero-order chi connectivity index (χ0) is 18.7. The number of nitrogens with zero attached hydrogens (tertiary/aromatic N) is 1. The second-order valence-electron chi connectivity index (χ2n) is 6.48. The third-order valence-corrected chi connectivity index (χ3v) is 6.20. The van der Waals surface area contributed by atoms with Gasteiger partial charge in [-0.25, -0.2) is 0 Å². The summed E-state index contributed by atoms with van der Waals surface area (Å²) < 4.78 is 40.2. The first-order valence-corrected chi connectivity index (χ1v) is 10.3. The minimum Gasteiger partial charge on any atom is -0.466 e. The van der Waals surface area contributed by atoms with Crippen molar-refractivity contribution in [2.75, 3.05) is 19.7 Å². The number of piperidine rings is 1. The van der Waals surface area contributed by atoms with Gasteiger partial charge in [-0.15, -0.1) is 0 Å². The molecular formula is C18H24N2O5S. The highest BCUT2D eigenvalue weighted by molar-refractivity contribution is 7.87. The van der Waals surface area contributed by atoms with Crippen LogP contribution in [0.4, 0.5) is 0 Å². The molecule has 1 aliphatic heterocycles. The second kappa shape index (κ2) is 7.77. The summed E-state index contributed by atoms with van der Waals surface area (Å²) in [6.07, 6.45) is 1.27. The van der Waals surface area contributed by atoms with Crippen molar-refractivity contribution in [3.8, 4) is 0 Å². The fourth-order valence-electron chi connectivity index (χ4n) is 3.19. The molecule has 0 aliphatic carbocycles. The molecule has 2 aromatic rings. The Morgan fingerprint density at radius 2 is 2.19 bits per heavy atom. The van der Waals surface area contributed by atoms with Crippen molar-refractivity contribution in [2.24, 2.45) is 5.92 Å². The Morgan fingerprint density at radius 3 is 2.92 bits per heavy atom. The summed E-state index contributed by atoms with van der Waals surface area (Å²) >= 11 is 0. The molecule has 2 unspecified atom stereocenters. The molecule has 7 nitrogen and oxygen atoms in total. The van der Waals surface area contributed by atoms with Crippen LogP contribution in [0.3, 0.4) is 0 Å². The quantitative estimate of drug-likeness (QED) is 0.778. The van der Waals surface area contributed by atoms with Gasteiger partial charge in [0.2, 0.25) is 0 Å². The van der Waals surface area contributed by atoms with Crippen LogP contribution in [0.5, 0.6) is 0 Å². The van der Waals surface area contributed by atoms with Crippen molar-refractivity contribution in [3.63, 3.8) is 0 Å². The van der Waals surface area contributed by atoms with E-state index in [-0.39, 0.29) is 12.5 Å². The molecule has 0 saturated carbocycles. The number of ether oxygens (including phenoxy) is 1. The van der Waals surface area contributed by atoms with Gasteiger partial charge in [-0.3, -0.25) is 4.79 Å². The highest BCUT2D eigenvalue weighted by Crippen LogP contribution is 2.25. The minimum absolute atomic E-state index is 0.140. The molecular weight excluding hydrogens is 356 g/mol. The van der Waals surface area contributed by atoms with Gasteiger partial charge in [0.15, 0.2) is 0 Å². The maximum Gasteiger partial charge on any atom is 0.310 e. The molecule has 0 bridgehead atoms. The molecule has 1 aromatic carbocycles. The van der Waals surface area contributed by atoms with Gasteiger partial charge in [-0.1, -0.05) is 18.2 Å². The predicted octanol–water partition coefficient (Wildman–Crippen LogP) is 2.60. The number of carbonyl (C=O) groups is 1. The predicted molar refractivity (Wildman–Crippen MR) is 97.6 cm³/mol. The first kappa shape index (κ1) is 18.9. The molecule has 2 atom stereocenters. The topological polar surface area (TPSA) is 88.8 Å². The summed E-state index contributed by atoms with van der Waals surface area (Å²) in [7, 11) is -3.73. The van der Waals surface area contributed by atoms with Crippen molar-refractivity contribution in [1.82, 2.24) is 9.03 Å². The number of hydrogen-bond acceptors (Lipinski definition) is 5. The normalized spacial score (nSPS) is 20.2. The van der Waals surface area contributed by atoms with Crippen molar-refractivity contribution in [2.45, 2.75) is 32.7 Å². The number of nitrogens with one attached hydrogen (secondary N) is 1. The van der Waals surface area contributed by atoms with Gasteiger partial charge in [-0.2, -0.15) is 17.4 Å². The Balaban J connectivity index is 1.70. The number of benzene rings is 1. The fraction of sp³-hybridized carbons (Fsp3) is 0.500. The number of esters is 1. The van der Waals surface area contributed by atoms with Gasteiger partial charge in [0.1, 0.15) is 11.3 Å². The van der Waals surface area contributed by atoms with E-state index in [9.17, 15) is 13.2 Å². The summed E-state index contributed by atoms with van der Waals surface area (Å²) in [5, 5.41) is 0.925. The molecule has 1 aromatic heterocycles. The fourth-order valence-corrected chi connectivity index (χ4v) is 4.64. The molecule has 1 saturated heterocycles. The van der Waals surface area contributed by atoms with Crippen LogP contribution >= 0.6 is 0 Å². The van der Waals surface area contributed by atoms with Crippen molar-refractivity contribution in [1.29, 1.82) is 0 Å². The number of furan rings is 1. The van der Waals surface area contributed by atoms with Crippen LogP contribution < -0.4 is 4.72 Å². The first-order valence-electron chi connectivity index (χ1n) is 8.83. The number of hydrogen-bond donors (Lipinski definition) is 1. The van der Waals surface area contributed by atoms with E-state index in [2.05, 4.69) is 4.72 Å². The largest absolute Gasteiger partial charge is 0.466 e. The summed E-state index contributed by atoms with van der Waals surface area (Å²) in [6, 6.07) is 8.84. The average molecular weight is 380 g/mol. The van der Waals surface area contributed by atoms with Gasteiger partial charge in [-0.05, 0) is 38.8 Å². The molecule has 142 valence electrons. The van der Waals surface area contributed by atoms with E-state index in [0.717, 1.165) is 5.39 Å². The summed E-state index contributed by atoms with van der Waals surface area (Å²) in [4.78, 5) is 11.9. The maximum absolute atomic E-state index is 12.7. The van der Waals surface area contributed by atoms with Crippen LogP contribution in [0.25, 0.3) is 11.0 Å². The van der Waals surface area contributed by atoms with Crippen LogP contribution in [-0.2, 0) is 19.7 Å². The van der Waals surface area contributed by atoms with Gasteiger partial charge in [0.05, 0.1) is 18.6 Å². The van der Waals surface area contributed by atoms with Gasteiger partial charge >= 0.3 is 5.97 Å². The standard InChI is InChI=1S/C18H24N2O5S/c1-3-24-18(21)15-8-6-10-20(12-15)26(22,23)19-13(2)17-11-14-7-4-5-9-16(14)25-17/h4-5,7,9,11,13,15,19H,3,6,8,10,12H2,1-2H3. The van der Waals surface area contributed by atoms with Gasteiger partial charge < -0.3 is 9.15 Å². The minimum atomic E-state index is -3.73. The number of rotatable bonds is 6. The smallest absolute Gasteiger partial charge is 0.310 e. The third kappa shape index (κ3) is 4.08. The van der Waals surface area contributed by atoms with E-state index in [1.54, 1.807) is 13.8 Å². The zero-order valence-corrected chi connectivity index (χ0v) is 15.8. The molecule has 0 radical (unpaired) electrons. The van der Waals surface area contributed by atoms with Crippen LogP contribution in [-0.4, -0.2) is 38.4 Å². The molecule has 0 amide bonds. The Bertz CT molecular complexity index is 844. The van der Waals surface area contributed by atoms with E-state index in [0.29, 0.717) is 37.3 Å². The van der Waals surface area contributed by atoms with Crippen LogP contribution in [0.2, 0.25) is 0 Å². The Labute approximate surface area is 153 Å². The molecule has 1 fully saturated rings. The van der Waals surface area contributed by atoms with Crippen molar-refractivity contribution < 1.29 is 22.4 Å². The Morgan fingerprint density at radius 1 is 1.42 bits per heavy atom. The molecule has 2 heterocycles. The zero-order valence-electron chi connectivity index (χ0n) is 15.0. The highest BCUT2D eigenvalue weighted by atomic mass is 32.2. The van der Waals surface area contributed by atoms with Crippen molar-refractivity contribution >= 4 is 27.1 Å². The molecule has 26 heavy (non-hydrogen) atoms. The van der Waals surface area contributed by atoms with Crippen LogP contribution in [0.1, 0.15) is 38.5 Å². The van der Waals surface area contributed by atoms with Crippen LogP contribution in [0, 0.1) is 5.92 Å². The van der Waals surface area contributed by atoms with E-state index < -0.39 is 22.2 Å². The van der Waals surface area contributed by atoms with Gasteiger partial charge in [0.25, 0.3) is 10.2 Å². The molecule has 3 rings (SSSR count). The molecule has 1 aliphatic rings. The second-order valence-corrected chi connectivity index (χ2v) is 8.18. The number of fused-ring (bicyclic) bond motifs is 1. The monoisotopic (exact) mass is 380 g/mol. The average Bonchev–Trinajstić information content (AvgIpc) is 3.06. The maximum atomic E-state index is 12.7. The van der Waals surface area contributed by atoms with Gasteiger partial charge in [0, 0.05) is 18.5 Å². The Kier molecular flexibility index (Phi) is 5.64. The Hall–Kier alpha value is -1.90. The number of carbonyl (C=O) groups excluding carboxylic acids is 1. The lowest BCUT2D eigenvalue weighted by atomic mass is 10.0. The number of para-hydroxylation sites is 1. The van der Waals surface area contributed by atoms with Crippen LogP contribution in [0.15, 0.2) is 34.7 Å². The summed E-state index contributed by atoms with van der Waals surface area (Å²) in [5.74, 6) is -0.201. The lowest BCUT2D eigenvalue weighted by molar-refractivity contribution is -0.149. The lowest BCUT2D eigenvalue weighted by Gasteiger charge is -2.31. The van der Waals surface area contributed by atoms with Crippen molar-refractivity contribution in [3.05, 3.63) is 36.1 Å². The van der Waals surface area contributed by atoms with E-state index >= 15 is 0 Å². The lowest BCUT2D eigenvalue weighted by Crippen LogP contribution is -2.48. The van der Waals surface area contributed by atoms with E-state index in [1.165, 1.54) is 4.31 Å². The molecule has 1 N–H and O–H groups in total. The summed E-state index contributed by atoms with van der Waals surface area (Å²) in [5.41, 5.74) is 0.717.